The monoisotopic (exact) mass is 503 g/mol. The highest BCUT2D eigenvalue weighted by molar-refractivity contribution is 7.99. The van der Waals surface area contributed by atoms with Crippen molar-refractivity contribution in [3.8, 4) is 0 Å². The zero-order valence-electron chi connectivity index (χ0n) is 18.2. The van der Waals surface area contributed by atoms with Crippen LogP contribution < -0.4 is 10.6 Å². The van der Waals surface area contributed by atoms with Crippen LogP contribution in [0.2, 0.25) is 10.0 Å². The van der Waals surface area contributed by atoms with Crippen molar-refractivity contribution in [2.24, 2.45) is 0 Å². The van der Waals surface area contributed by atoms with Crippen LogP contribution in [-0.2, 0) is 22.6 Å². The second kappa shape index (κ2) is 11.4. The van der Waals surface area contributed by atoms with E-state index >= 15 is 0 Å². The molecule has 2 aromatic carbocycles. The Labute approximate surface area is 206 Å². The normalized spacial score (nSPS) is 10.7. The predicted molar refractivity (Wildman–Crippen MR) is 134 cm³/mol. The van der Waals surface area contributed by atoms with Crippen molar-refractivity contribution in [3.05, 3.63) is 76.0 Å². The quantitative estimate of drug-likeness (QED) is 0.305. The van der Waals surface area contributed by atoms with Crippen LogP contribution in [0.5, 0.6) is 0 Å². The summed E-state index contributed by atoms with van der Waals surface area (Å²) in [7, 11) is 0. The van der Waals surface area contributed by atoms with Gasteiger partial charge in [-0.3, -0.25) is 9.59 Å². The molecule has 0 saturated carbocycles. The van der Waals surface area contributed by atoms with Crippen molar-refractivity contribution < 1.29 is 9.59 Å². The topological polar surface area (TPSA) is 88.9 Å². The van der Waals surface area contributed by atoms with Gasteiger partial charge in [-0.2, -0.15) is 0 Å². The molecule has 7 nitrogen and oxygen atoms in total. The molecule has 33 heavy (non-hydrogen) atoms. The molecule has 0 fully saturated rings. The van der Waals surface area contributed by atoms with Crippen molar-refractivity contribution in [2.45, 2.75) is 32.0 Å². The number of halogens is 2. The maximum Gasteiger partial charge on any atom is 0.234 e. The average Bonchev–Trinajstić information content (AvgIpc) is 3.13. The zero-order valence-corrected chi connectivity index (χ0v) is 20.5. The second-order valence-electron chi connectivity index (χ2n) is 7.29. The first kappa shape index (κ1) is 24.8. The Morgan fingerprint density at radius 2 is 1.70 bits per heavy atom. The summed E-state index contributed by atoms with van der Waals surface area (Å²) in [6.07, 6.45) is 1.73. The molecule has 0 aliphatic carbocycles. The molecule has 0 unspecified atom stereocenters. The SMILES string of the molecule is C=CCn1c(CC(=O)Nc2ccc(C)c(C)c2)nnc1SCC(=O)Nc1ccc(Cl)c(Cl)c1. The number of carbonyl (C=O) groups excluding carboxylic acids is 2. The standard InChI is InChI=1S/C23H23Cl2N5O2S/c1-4-9-30-20(12-21(31)26-16-6-5-14(2)15(3)10-16)28-29-23(30)33-13-22(32)27-17-7-8-18(24)19(25)11-17/h4-8,10-11H,1,9,12-13H2,2-3H3,(H,26,31)(H,27,32). The van der Waals surface area contributed by atoms with Gasteiger partial charge in [0.25, 0.3) is 0 Å². The number of nitrogens with zero attached hydrogens (tertiary/aromatic N) is 3. The number of carbonyl (C=O) groups is 2. The maximum atomic E-state index is 12.6. The van der Waals surface area contributed by atoms with E-state index in [-0.39, 0.29) is 24.0 Å². The number of aryl methyl sites for hydroxylation is 2. The van der Waals surface area contributed by atoms with E-state index in [1.54, 1.807) is 28.8 Å². The van der Waals surface area contributed by atoms with Gasteiger partial charge in [0.05, 0.1) is 22.2 Å². The van der Waals surface area contributed by atoms with Gasteiger partial charge in [0.15, 0.2) is 5.16 Å². The summed E-state index contributed by atoms with van der Waals surface area (Å²) in [5, 5.41) is 15.2. The molecule has 2 amide bonds. The second-order valence-corrected chi connectivity index (χ2v) is 9.04. The van der Waals surface area contributed by atoms with E-state index in [9.17, 15) is 9.59 Å². The molecule has 0 aliphatic heterocycles. The number of thioether (sulfide) groups is 1. The zero-order chi connectivity index (χ0) is 24.0. The fraction of sp³-hybridized carbons (Fsp3) is 0.217. The third-order valence-electron chi connectivity index (χ3n) is 4.75. The maximum absolute atomic E-state index is 12.6. The van der Waals surface area contributed by atoms with Crippen LogP contribution in [0.4, 0.5) is 11.4 Å². The van der Waals surface area contributed by atoms with Gasteiger partial charge >= 0.3 is 0 Å². The minimum atomic E-state index is -0.236. The third kappa shape index (κ3) is 6.83. The summed E-state index contributed by atoms with van der Waals surface area (Å²) in [4.78, 5) is 24.9. The van der Waals surface area contributed by atoms with Crippen molar-refractivity contribution >= 4 is 58.2 Å². The van der Waals surface area contributed by atoms with Crippen molar-refractivity contribution in [3.63, 3.8) is 0 Å². The van der Waals surface area contributed by atoms with Crippen LogP contribution >= 0.6 is 35.0 Å². The third-order valence-corrected chi connectivity index (χ3v) is 6.46. The molecule has 1 heterocycles. The lowest BCUT2D eigenvalue weighted by Gasteiger charge is -2.10. The number of rotatable bonds is 9. The van der Waals surface area contributed by atoms with Gasteiger partial charge in [-0.1, -0.05) is 47.1 Å². The molecular weight excluding hydrogens is 481 g/mol. The molecule has 0 spiro atoms. The van der Waals surface area contributed by atoms with Crippen molar-refractivity contribution in [1.82, 2.24) is 14.8 Å². The summed E-state index contributed by atoms with van der Waals surface area (Å²) in [5.74, 6) is 0.152. The molecule has 2 N–H and O–H groups in total. The van der Waals surface area contributed by atoms with E-state index in [4.69, 9.17) is 23.2 Å². The number of amides is 2. The Bertz CT molecular complexity index is 1200. The fourth-order valence-electron chi connectivity index (χ4n) is 2.94. The van der Waals surface area contributed by atoms with Crippen LogP contribution in [0, 0.1) is 13.8 Å². The number of anilines is 2. The van der Waals surface area contributed by atoms with Gasteiger partial charge in [0.2, 0.25) is 11.8 Å². The lowest BCUT2D eigenvalue weighted by Crippen LogP contribution is -2.18. The molecule has 3 aromatic rings. The molecule has 10 heteroatoms. The number of hydrogen-bond acceptors (Lipinski definition) is 5. The van der Waals surface area contributed by atoms with Gasteiger partial charge in [-0.05, 0) is 55.3 Å². The van der Waals surface area contributed by atoms with Crippen LogP contribution in [0.25, 0.3) is 0 Å². The van der Waals surface area contributed by atoms with E-state index < -0.39 is 0 Å². The Morgan fingerprint density at radius 1 is 1.00 bits per heavy atom. The van der Waals surface area contributed by atoms with Gasteiger partial charge in [-0.25, -0.2) is 0 Å². The molecule has 1 aromatic heterocycles. The highest BCUT2D eigenvalue weighted by atomic mass is 35.5. The van der Waals surface area contributed by atoms with E-state index in [1.807, 2.05) is 32.0 Å². The minimum absolute atomic E-state index is 0.0454. The first-order valence-electron chi connectivity index (χ1n) is 10.0. The summed E-state index contributed by atoms with van der Waals surface area (Å²) in [6.45, 7) is 8.18. The largest absolute Gasteiger partial charge is 0.326 e. The first-order valence-corrected chi connectivity index (χ1v) is 11.8. The molecule has 0 aliphatic rings. The molecule has 0 bridgehead atoms. The van der Waals surface area contributed by atoms with Gasteiger partial charge in [0.1, 0.15) is 5.82 Å². The Balaban J connectivity index is 1.62. The van der Waals surface area contributed by atoms with E-state index in [2.05, 4.69) is 27.4 Å². The number of aromatic nitrogens is 3. The molecule has 0 radical (unpaired) electrons. The van der Waals surface area contributed by atoms with E-state index in [1.165, 1.54) is 11.8 Å². The molecule has 0 atom stereocenters. The van der Waals surface area contributed by atoms with Crippen LogP contribution in [0.3, 0.4) is 0 Å². The molecular formula is C23H23Cl2N5O2S. The number of hydrogen-bond donors (Lipinski definition) is 2. The lowest BCUT2D eigenvalue weighted by molar-refractivity contribution is -0.116. The van der Waals surface area contributed by atoms with Gasteiger partial charge in [0, 0.05) is 17.9 Å². The number of nitrogens with one attached hydrogen (secondary N) is 2. The summed E-state index contributed by atoms with van der Waals surface area (Å²) in [6, 6.07) is 10.6. The Kier molecular flexibility index (Phi) is 8.55. The molecule has 0 saturated heterocycles. The highest BCUT2D eigenvalue weighted by Crippen LogP contribution is 2.25. The Hall–Kier alpha value is -2.81. The highest BCUT2D eigenvalue weighted by Gasteiger charge is 2.17. The van der Waals surface area contributed by atoms with Gasteiger partial charge < -0.3 is 15.2 Å². The average molecular weight is 504 g/mol. The smallest absolute Gasteiger partial charge is 0.234 e. The summed E-state index contributed by atoms with van der Waals surface area (Å²) in [5.41, 5.74) is 3.53. The molecule has 172 valence electrons. The number of benzene rings is 2. The number of allylic oxidation sites excluding steroid dienone is 1. The van der Waals surface area contributed by atoms with Crippen molar-refractivity contribution in [1.29, 1.82) is 0 Å². The predicted octanol–water partition coefficient (Wildman–Crippen LogP) is 5.30. The Morgan fingerprint density at radius 3 is 2.39 bits per heavy atom. The summed E-state index contributed by atoms with van der Waals surface area (Å²) < 4.78 is 1.77. The lowest BCUT2D eigenvalue weighted by atomic mass is 10.1. The van der Waals surface area contributed by atoms with Crippen molar-refractivity contribution in [2.75, 3.05) is 16.4 Å². The van der Waals surface area contributed by atoms with E-state index in [0.717, 1.165) is 16.8 Å². The van der Waals surface area contributed by atoms with Gasteiger partial charge in [-0.15, -0.1) is 16.8 Å². The van der Waals surface area contributed by atoms with E-state index in [0.29, 0.717) is 33.3 Å². The van der Waals surface area contributed by atoms with Crippen LogP contribution in [0.15, 0.2) is 54.2 Å². The molecule has 3 rings (SSSR count). The first-order chi connectivity index (χ1) is 15.8. The van der Waals surface area contributed by atoms with Crippen LogP contribution in [0.1, 0.15) is 17.0 Å². The fourth-order valence-corrected chi connectivity index (χ4v) is 4.00. The van der Waals surface area contributed by atoms with Crippen LogP contribution in [-0.4, -0.2) is 32.3 Å². The minimum Gasteiger partial charge on any atom is -0.326 e. The summed E-state index contributed by atoms with van der Waals surface area (Å²) >= 11 is 13.1.